The summed E-state index contributed by atoms with van der Waals surface area (Å²) >= 11 is 0. The summed E-state index contributed by atoms with van der Waals surface area (Å²) in [5, 5.41) is 11.3. The molecule has 0 saturated heterocycles. The summed E-state index contributed by atoms with van der Waals surface area (Å²) in [4.78, 5) is 23.6. The molecule has 22 heavy (non-hydrogen) atoms. The maximum Gasteiger partial charge on any atom is 0.328 e. The predicted octanol–water partition coefficient (Wildman–Crippen LogP) is 1.64. The zero-order valence-electron chi connectivity index (χ0n) is 13.0. The fraction of sp³-hybridized carbons (Fsp3) is 0.438. The fourth-order valence-electron chi connectivity index (χ4n) is 1.79. The van der Waals surface area contributed by atoms with Crippen LogP contribution in [0.3, 0.4) is 0 Å². The van der Waals surface area contributed by atoms with E-state index in [1.54, 1.807) is 24.3 Å². The summed E-state index contributed by atoms with van der Waals surface area (Å²) in [7, 11) is 1.29. The molecule has 0 saturated carbocycles. The van der Waals surface area contributed by atoms with E-state index >= 15 is 0 Å². The van der Waals surface area contributed by atoms with Crippen LogP contribution in [-0.2, 0) is 14.3 Å². The van der Waals surface area contributed by atoms with Gasteiger partial charge in [-0.2, -0.15) is 5.26 Å². The van der Waals surface area contributed by atoms with Gasteiger partial charge in [-0.25, -0.2) is 4.79 Å². The highest BCUT2D eigenvalue weighted by atomic mass is 16.5. The van der Waals surface area contributed by atoms with Crippen molar-refractivity contribution in [3.05, 3.63) is 29.8 Å². The second-order valence-corrected chi connectivity index (χ2v) is 4.88. The number of nitrogens with zero attached hydrogens (tertiary/aromatic N) is 1. The van der Waals surface area contributed by atoms with Gasteiger partial charge in [-0.3, -0.25) is 4.79 Å². The lowest BCUT2D eigenvalue weighted by atomic mass is 9.99. The van der Waals surface area contributed by atoms with Gasteiger partial charge in [-0.15, -0.1) is 0 Å². The summed E-state index contributed by atoms with van der Waals surface area (Å²) in [5.74, 6) is -0.431. The van der Waals surface area contributed by atoms with Gasteiger partial charge in [-0.1, -0.05) is 20.3 Å². The van der Waals surface area contributed by atoms with Crippen molar-refractivity contribution in [2.75, 3.05) is 13.7 Å². The molecule has 0 heterocycles. The van der Waals surface area contributed by atoms with Crippen molar-refractivity contribution in [3.63, 3.8) is 0 Å². The highest BCUT2D eigenvalue weighted by Crippen LogP contribution is 2.12. The molecule has 1 rings (SSSR count). The molecule has 0 radical (unpaired) electrons. The number of carbonyl (C=O) groups is 2. The molecular formula is C16H20N2O4. The Bertz CT molecular complexity index is 548. The minimum Gasteiger partial charge on any atom is -0.484 e. The predicted molar refractivity (Wildman–Crippen MR) is 80.1 cm³/mol. The van der Waals surface area contributed by atoms with E-state index < -0.39 is 17.9 Å². The molecule has 1 N–H and O–H groups in total. The molecule has 0 aromatic heterocycles. The Morgan fingerprint density at radius 2 is 1.95 bits per heavy atom. The molecule has 1 aromatic rings. The number of nitrogens with one attached hydrogen (secondary N) is 1. The van der Waals surface area contributed by atoms with Gasteiger partial charge in [0.2, 0.25) is 0 Å². The number of esters is 1. The van der Waals surface area contributed by atoms with Gasteiger partial charge in [0.05, 0.1) is 18.7 Å². The standard InChI is InChI=1S/C16H20N2O4/c1-4-11(2)15(16(20)21-3)18-14(19)10-22-13-7-5-12(9-17)6-8-13/h5-8,11,15H,4,10H2,1-3H3,(H,18,19)/t11-,15+/m1/s1. The highest BCUT2D eigenvalue weighted by molar-refractivity contribution is 5.85. The van der Waals surface area contributed by atoms with E-state index in [9.17, 15) is 9.59 Å². The molecule has 0 bridgehead atoms. The summed E-state index contributed by atoms with van der Waals surface area (Å²) in [5.41, 5.74) is 0.513. The van der Waals surface area contributed by atoms with Crippen LogP contribution in [0.15, 0.2) is 24.3 Å². The summed E-state index contributed by atoms with van der Waals surface area (Å²) < 4.78 is 10.0. The van der Waals surface area contributed by atoms with Crippen molar-refractivity contribution < 1.29 is 19.1 Å². The van der Waals surface area contributed by atoms with Gasteiger partial charge < -0.3 is 14.8 Å². The second kappa shape index (κ2) is 8.67. The van der Waals surface area contributed by atoms with Crippen LogP contribution in [0.2, 0.25) is 0 Å². The molecule has 0 unspecified atom stereocenters. The normalized spacial score (nSPS) is 12.6. The van der Waals surface area contributed by atoms with Crippen molar-refractivity contribution in [2.45, 2.75) is 26.3 Å². The molecule has 1 amide bonds. The van der Waals surface area contributed by atoms with Crippen molar-refractivity contribution in [3.8, 4) is 11.8 Å². The van der Waals surface area contributed by atoms with Crippen molar-refractivity contribution in [1.29, 1.82) is 5.26 Å². The molecule has 6 nitrogen and oxygen atoms in total. The van der Waals surface area contributed by atoms with Crippen molar-refractivity contribution >= 4 is 11.9 Å². The van der Waals surface area contributed by atoms with Crippen LogP contribution >= 0.6 is 0 Å². The topological polar surface area (TPSA) is 88.4 Å². The number of amides is 1. The molecule has 0 spiro atoms. The number of ether oxygens (including phenoxy) is 2. The molecule has 1 aromatic carbocycles. The average Bonchev–Trinajstić information content (AvgIpc) is 2.56. The van der Waals surface area contributed by atoms with Crippen molar-refractivity contribution in [1.82, 2.24) is 5.32 Å². The fourth-order valence-corrected chi connectivity index (χ4v) is 1.79. The van der Waals surface area contributed by atoms with E-state index in [2.05, 4.69) is 5.32 Å². The molecule has 0 fully saturated rings. The summed E-state index contributed by atoms with van der Waals surface area (Å²) in [6.45, 7) is 3.58. The molecule has 0 aliphatic heterocycles. The number of methoxy groups -OCH3 is 1. The quantitative estimate of drug-likeness (QED) is 0.774. The molecule has 0 aliphatic carbocycles. The minimum absolute atomic E-state index is 0.0358. The van der Waals surface area contributed by atoms with Crippen LogP contribution in [-0.4, -0.2) is 31.6 Å². The third-order valence-corrected chi connectivity index (χ3v) is 3.34. The smallest absolute Gasteiger partial charge is 0.328 e. The van der Waals surface area contributed by atoms with Gasteiger partial charge in [0.1, 0.15) is 11.8 Å². The third kappa shape index (κ3) is 5.09. The van der Waals surface area contributed by atoms with Gasteiger partial charge >= 0.3 is 5.97 Å². The van der Waals surface area contributed by atoms with Crippen molar-refractivity contribution in [2.24, 2.45) is 5.92 Å². The molecule has 118 valence electrons. The van der Waals surface area contributed by atoms with Gasteiger partial charge in [0.25, 0.3) is 5.91 Å². The average molecular weight is 304 g/mol. The monoisotopic (exact) mass is 304 g/mol. The zero-order chi connectivity index (χ0) is 16.5. The summed E-state index contributed by atoms with van der Waals surface area (Å²) in [6.07, 6.45) is 0.733. The lowest BCUT2D eigenvalue weighted by Crippen LogP contribution is -2.47. The first-order chi connectivity index (χ1) is 10.5. The Labute approximate surface area is 130 Å². The van der Waals surface area contributed by atoms with Crippen LogP contribution in [0.25, 0.3) is 0 Å². The number of hydrogen-bond donors (Lipinski definition) is 1. The van der Waals surface area contributed by atoms with Gasteiger partial charge in [0, 0.05) is 0 Å². The Hall–Kier alpha value is -2.55. The number of carbonyl (C=O) groups excluding carboxylic acids is 2. The van der Waals surface area contributed by atoms with Crippen LogP contribution in [0.1, 0.15) is 25.8 Å². The maximum atomic E-state index is 11.9. The number of hydrogen-bond acceptors (Lipinski definition) is 5. The molecular weight excluding hydrogens is 284 g/mol. The number of nitriles is 1. The van der Waals surface area contributed by atoms with Gasteiger partial charge in [-0.05, 0) is 30.2 Å². The SMILES string of the molecule is CC[C@@H](C)[C@H](NC(=O)COc1ccc(C#N)cc1)C(=O)OC. The third-order valence-electron chi connectivity index (χ3n) is 3.34. The molecule has 0 aliphatic rings. The molecule has 6 heteroatoms. The van der Waals surface area contributed by atoms with Crippen LogP contribution in [0.4, 0.5) is 0 Å². The zero-order valence-corrected chi connectivity index (χ0v) is 13.0. The first kappa shape index (κ1) is 17.5. The highest BCUT2D eigenvalue weighted by Gasteiger charge is 2.26. The summed E-state index contributed by atoms with van der Waals surface area (Å²) in [6, 6.07) is 7.73. The van der Waals surface area contributed by atoms with E-state index in [0.29, 0.717) is 11.3 Å². The minimum atomic E-state index is -0.688. The second-order valence-electron chi connectivity index (χ2n) is 4.88. The molecule has 2 atom stereocenters. The maximum absolute atomic E-state index is 11.9. The van der Waals surface area contributed by atoms with E-state index in [1.165, 1.54) is 7.11 Å². The van der Waals surface area contributed by atoms with Gasteiger partial charge in [0.15, 0.2) is 6.61 Å². The Balaban J connectivity index is 2.56. The van der Waals surface area contributed by atoms with E-state index in [1.807, 2.05) is 19.9 Å². The van der Waals surface area contributed by atoms with Crippen LogP contribution < -0.4 is 10.1 Å². The van der Waals surface area contributed by atoms with Crippen LogP contribution in [0, 0.1) is 17.2 Å². The Kier molecular flexibility index (Phi) is 6.90. The Morgan fingerprint density at radius 3 is 2.45 bits per heavy atom. The van der Waals surface area contributed by atoms with E-state index in [0.717, 1.165) is 6.42 Å². The number of rotatable bonds is 7. The first-order valence-corrected chi connectivity index (χ1v) is 7.02. The Morgan fingerprint density at radius 1 is 1.32 bits per heavy atom. The lowest BCUT2D eigenvalue weighted by molar-refractivity contribution is -0.146. The first-order valence-electron chi connectivity index (χ1n) is 7.02. The largest absolute Gasteiger partial charge is 0.484 e. The lowest BCUT2D eigenvalue weighted by Gasteiger charge is -2.21. The van der Waals surface area contributed by atoms with Crippen LogP contribution in [0.5, 0.6) is 5.75 Å². The van der Waals surface area contributed by atoms with E-state index in [-0.39, 0.29) is 12.5 Å². The van der Waals surface area contributed by atoms with E-state index in [4.69, 9.17) is 14.7 Å². The number of benzene rings is 1.